The Labute approximate surface area is 210 Å². The summed E-state index contributed by atoms with van der Waals surface area (Å²) in [5.41, 5.74) is -1.29. The van der Waals surface area contributed by atoms with Crippen molar-refractivity contribution in [1.29, 1.82) is 0 Å². The number of ether oxygens (including phenoxy) is 3. The third-order valence-corrected chi connectivity index (χ3v) is 5.70. The molecule has 1 aromatic carbocycles. The molecule has 0 atom stereocenters. The molecule has 2 aromatic heterocycles. The van der Waals surface area contributed by atoms with Gasteiger partial charge in [0.25, 0.3) is 5.91 Å². The minimum atomic E-state index is -4.64. The molecule has 194 valence electrons. The molecule has 1 saturated carbocycles. The van der Waals surface area contributed by atoms with Crippen molar-refractivity contribution in [1.82, 2.24) is 20.6 Å². The van der Waals surface area contributed by atoms with Crippen molar-refractivity contribution in [2.75, 3.05) is 14.2 Å². The lowest BCUT2D eigenvalue weighted by Crippen LogP contribution is -2.48. The summed E-state index contributed by atoms with van der Waals surface area (Å²) in [6, 6.07) is 7.87. The first-order valence-electron chi connectivity index (χ1n) is 11.1. The minimum Gasteiger partial charge on any atom is -0.497 e. The number of halogens is 3. The van der Waals surface area contributed by atoms with Gasteiger partial charge < -0.3 is 24.8 Å². The fourth-order valence-electron chi connectivity index (χ4n) is 3.47. The van der Waals surface area contributed by atoms with Crippen LogP contribution in [0.3, 0.4) is 0 Å². The van der Waals surface area contributed by atoms with E-state index < -0.39 is 28.9 Å². The second-order valence-electron chi connectivity index (χ2n) is 8.28. The van der Waals surface area contributed by atoms with Crippen LogP contribution in [0.5, 0.6) is 23.0 Å². The number of alkyl halides is 3. The summed E-state index contributed by atoms with van der Waals surface area (Å²) in [6.45, 7) is 0.0494. The lowest BCUT2D eigenvalue weighted by Gasteiger charge is -2.17. The lowest BCUT2D eigenvalue weighted by atomic mass is 10.2. The smallest absolute Gasteiger partial charge is 0.420 e. The Morgan fingerprint density at radius 2 is 1.70 bits per heavy atom. The normalized spacial score (nSPS) is 13.9. The molecule has 0 unspecified atom stereocenters. The first-order chi connectivity index (χ1) is 17.6. The molecule has 9 nitrogen and oxygen atoms in total. The van der Waals surface area contributed by atoms with Crippen LogP contribution in [0.25, 0.3) is 0 Å². The second-order valence-corrected chi connectivity index (χ2v) is 8.28. The zero-order valence-electron chi connectivity index (χ0n) is 19.9. The number of amides is 2. The minimum absolute atomic E-state index is 0.0494. The Bertz CT molecular complexity index is 1290. The van der Waals surface area contributed by atoms with E-state index in [0.717, 1.165) is 6.07 Å². The lowest BCUT2D eigenvalue weighted by molar-refractivity contribution is -0.138. The number of rotatable bonds is 9. The molecule has 0 radical (unpaired) electrons. The summed E-state index contributed by atoms with van der Waals surface area (Å²) < 4.78 is 55.5. The standard InChI is InChI=1S/C25H23F3N4O5/c1-35-17-5-6-21(20(10-17)25(26,27)28)37-18-4-3-16(30-14-18)12-31-23(34)24(7-8-24)32-22(33)15-9-19(36-2)13-29-11-15/h3-6,9-11,13-14H,7-8,12H2,1-2H3,(H,31,34)(H,32,33). The van der Waals surface area contributed by atoms with Crippen LogP contribution in [0.1, 0.15) is 34.5 Å². The number of carbonyl (C=O) groups is 2. The maximum atomic E-state index is 13.4. The number of aromatic nitrogens is 2. The van der Waals surface area contributed by atoms with E-state index in [-0.39, 0.29) is 29.5 Å². The molecule has 2 amide bonds. The molecular formula is C25H23F3N4O5. The molecule has 1 fully saturated rings. The highest BCUT2D eigenvalue weighted by atomic mass is 19.4. The van der Waals surface area contributed by atoms with Gasteiger partial charge in [-0.3, -0.25) is 19.6 Å². The zero-order valence-corrected chi connectivity index (χ0v) is 19.9. The van der Waals surface area contributed by atoms with Crippen molar-refractivity contribution in [3.05, 3.63) is 71.8 Å². The molecule has 0 aliphatic heterocycles. The Kier molecular flexibility index (Phi) is 7.18. The molecule has 0 spiro atoms. The first kappa shape index (κ1) is 25.7. The highest BCUT2D eigenvalue weighted by Crippen LogP contribution is 2.40. The number of nitrogens with one attached hydrogen (secondary N) is 2. The van der Waals surface area contributed by atoms with E-state index in [4.69, 9.17) is 14.2 Å². The third-order valence-electron chi connectivity index (χ3n) is 5.70. The molecule has 2 heterocycles. The molecule has 0 saturated heterocycles. The molecule has 1 aliphatic rings. The van der Waals surface area contributed by atoms with Gasteiger partial charge in [-0.15, -0.1) is 0 Å². The summed E-state index contributed by atoms with van der Waals surface area (Å²) >= 11 is 0. The largest absolute Gasteiger partial charge is 0.497 e. The number of hydrogen-bond donors (Lipinski definition) is 2. The van der Waals surface area contributed by atoms with Gasteiger partial charge in [-0.25, -0.2) is 0 Å². The first-order valence-corrected chi connectivity index (χ1v) is 11.1. The van der Waals surface area contributed by atoms with Crippen LogP contribution in [0.15, 0.2) is 55.0 Å². The Morgan fingerprint density at radius 3 is 2.32 bits per heavy atom. The van der Waals surface area contributed by atoms with Gasteiger partial charge in [-0.2, -0.15) is 13.2 Å². The highest BCUT2D eigenvalue weighted by Gasteiger charge is 2.51. The Balaban J connectivity index is 1.35. The van der Waals surface area contributed by atoms with E-state index in [1.54, 1.807) is 0 Å². The summed E-state index contributed by atoms with van der Waals surface area (Å²) in [5.74, 6) is -0.657. The van der Waals surface area contributed by atoms with Crippen molar-refractivity contribution in [3.63, 3.8) is 0 Å². The van der Waals surface area contributed by atoms with E-state index in [0.29, 0.717) is 24.3 Å². The fraction of sp³-hybridized carbons (Fsp3) is 0.280. The predicted octanol–water partition coefficient (Wildman–Crippen LogP) is 3.88. The van der Waals surface area contributed by atoms with Gasteiger partial charge in [0.2, 0.25) is 5.91 Å². The summed E-state index contributed by atoms with van der Waals surface area (Å²) in [5, 5.41) is 5.48. The van der Waals surface area contributed by atoms with E-state index in [9.17, 15) is 22.8 Å². The van der Waals surface area contributed by atoms with Crippen molar-refractivity contribution in [2.24, 2.45) is 0 Å². The Morgan fingerprint density at radius 1 is 0.973 bits per heavy atom. The van der Waals surface area contributed by atoms with Crippen LogP contribution in [0.4, 0.5) is 13.2 Å². The topological polar surface area (TPSA) is 112 Å². The summed E-state index contributed by atoms with van der Waals surface area (Å²) in [6.07, 6.45) is 0.418. The molecular weight excluding hydrogens is 493 g/mol. The van der Waals surface area contributed by atoms with Gasteiger partial charge in [0.05, 0.1) is 44.4 Å². The van der Waals surface area contributed by atoms with E-state index in [2.05, 4.69) is 20.6 Å². The number of nitrogens with zero attached hydrogens (tertiary/aromatic N) is 2. The van der Waals surface area contributed by atoms with Gasteiger partial charge >= 0.3 is 6.18 Å². The quantitative estimate of drug-likeness (QED) is 0.444. The molecule has 1 aliphatic carbocycles. The average molecular weight is 516 g/mol. The number of carbonyl (C=O) groups excluding carboxylic acids is 2. The Hall–Kier alpha value is -4.35. The van der Waals surface area contributed by atoms with Crippen LogP contribution in [0, 0.1) is 0 Å². The molecule has 37 heavy (non-hydrogen) atoms. The maximum Gasteiger partial charge on any atom is 0.420 e. The fourth-order valence-corrected chi connectivity index (χ4v) is 3.47. The number of methoxy groups -OCH3 is 2. The molecule has 12 heteroatoms. The van der Waals surface area contributed by atoms with Crippen LogP contribution in [-0.2, 0) is 17.5 Å². The highest BCUT2D eigenvalue weighted by molar-refractivity contribution is 6.00. The van der Waals surface area contributed by atoms with E-state index in [1.807, 2.05) is 0 Å². The average Bonchev–Trinajstić information content (AvgIpc) is 3.68. The molecule has 0 bridgehead atoms. The van der Waals surface area contributed by atoms with Gasteiger partial charge in [-0.05, 0) is 49.2 Å². The molecule has 4 rings (SSSR count). The third kappa shape index (κ3) is 6.08. The van der Waals surface area contributed by atoms with Crippen molar-refractivity contribution < 1.29 is 37.0 Å². The number of benzene rings is 1. The monoisotopic (exact) mass is 516 g/mol. The number of hydrogen-bond acceptors (Lipinski definition) is 7. The molecule has 2 N–H and O–H groups in total. The van der Waals surface area contributed by atoms with Crippen molar-refractivity contribution >= 4 is 11.8 Å². The van der Waals surface area contributed by atoms with E-state index in [1.165, 1.54) is 63.1 Å². The van der Waals surface area contributed by atoms with Gasteiger partial charge in [0, 0.05) is 6.20 Å². The van der Waals surface area contributed by atoms with Gasteiger partial charge in [0.15, 0.2) is 0 Å². The van der Waals surface area contributed by atoms with Crippen molar-refractivity contribution in [2.45, 2.75) is 31.1 Å². The van der Waals surface area contributed by atoms with Crippen LogP contribution in [-0.4, -0.2) is 41.5 Å². The van der Waals surface area contributed by atoms with Crippen LogP contribution >= 0.6 is 0 Å². The van der Waals surface area contributed by atoms with Crippen LogP contribution in [0.2, 0.25) is 0 Å². The predicted molar refractivity (Wildman–Crippen MR) is 124 cm³/mol. The van der Waals surface area contributed by atoms with Gasteiger partial charge in [-0.1, -0.05) is 0 Å². The van der Waals surface area contributed by atoms with Crippen molar-refractivity contribution in [3.8, 4) is 23.0 Å². The van der Waals surface area contributed by atoms with Gasteiger partial charge in [0.1, 0.15) is 34.1 Å². The summed E-state index contributed by atoms with van der Waals surface area (Å²) in [4.78, 5) is 33.4. The number of pyridine rings is 2. The van der Waals surface area contributed by atoms with E-state index >= 15 is 0 Å². The summed E-state index contributed by atoms with van der Waals surface area (Å²) in [7, 11) is 2.73. The molecule has 3 aromatic rings. The maximum absolute atomic E-state index is 13.4. The van der Waals surface area contributed by atoms with Crippen LogP contribution < -0.4 is 24.8 Å². The zero-order chi connectivity index (χ0) is 26.6. The second kappa shape index (κ2) is 10.3. The SMILES string of the molecule is COc1cncc(C(=O)NC2(C(=O)NCc3ccc(Oc4ccc(OC)cc4C(F)(F)F)cn3)CC2)c1.